The van der Waals surface area contributed by atoms with Crippen molar-refractivity contribution in [3.05, 3.63) is 22.4 Å². The van der Waals surface area contributed by atoms with E-state index in [9.17, 15) is 4.79 Å². The van der Waals surface area contributed by atoms with Crippen molar-refractivity contribution in [3.63, 3.8) is 0 Å². The maximum Gasteiger partial charge on any atom is 0.276 e. The first-order chi connectivity index (χ1) is 6.11. The molecule has 0 spiro atoms. The lowest BCUT2D eigenvalue weighted by Gasteiger charge is -1.97. The van der Waals surface area contributed by atoms with Crippen molar-refractivity contribution >= 4 is 11.9 Å². The second-order valence-corrected chi connectivity index (χ2v) is 3.19. The quantitative estimate of drug-likeness (QED) is 0.698. The van der Waals surface area contributed by atoms with E-state index in [-0.39, 0.29) is 5.56 Å². The van der Waals surface area contributed by atoms with Crippen LogP contribution < -0.4 is 5.56 Å². The summed E-state index contributed by atoms with van der Waals surface area (Å²) in [5.41, 5.74) is 0.862. The van der Waals surface area contributed by atoms with Crippen LogP contribution >= 0.6 is 0 Å². The van der Waals surface area contributed by atoms with E-state index in [1.54, 1.807) is 13.1 Å². The number of aromatic amines is 1. The minimum absolute atomic E-state index is 0.190. The second kappa shape index (κ2) is 3.98. The van der Waals surface area contributed by atoms with Gasteiger partial charge in [-0.3, -0.25) is 9.79 Å². The maximum absolute atomic E-state index is 11.2. The molecule has 1 aromatic heterocycles. The summed E-state index contributed by atoms with van der Waals surface area (Å²) >= 11 is 0. The van der Waals surface area contributed by atoms with Gasteiger partial charge in [-0.15, -0.1) is 0 Å². The number of aryl methyl sites for hydroxylation is 1. The van der Waals surface area contributed by atoms with Gasteiger partial charge in [0.15, 0.2) is 0 Å². The Hall–Kier alpha value is -1.45. The number of rotatable bonds is 2. The van der Waals surface area contributed by atoms with Gasteiger partial charge in [0, 0.05) is 6.21 Å². The zero-order valence-corrected chi connectivity index (χ0v) is 8.03. The lowest BCUT2D eigenvalue weighted by Crippen LogP contribution is -2.07. The minimum Gasteiger partial charge on any atom is -0.311 e. The van der Waals surface area contributed by atoms with Crippen molar-refractivity contribution in [2.45, 2.75) is 20.8 Å². The summed E-state index contributed by atoms with van der Waals surface area (Å²) in [7, 11) is 0. The van der Waals surface area contributed by atoms with Crippen molar-refractivity contribution in [1.29, 1.82) is 0 Å². The molecule has 0 aliphatic carbocycles. The van der Waals surface area contributed by atoms with Crippen LogP contribution in [0.5, 0.6) is 0 Å². The SMILES string of the molecule is Cc1nc[nH]c(=O)c1/N=C\C(C)C. The van der Waals surface area contributed by atoms with E-state index in [0.29, 0.717) is 17.3 Å². The van der Waals surface area contributed by atoms with Gasteiger partial charge >= 0.3 is 0 Å². The highest BCUT2D eigenvalue weighted by molar-refractivity contribution is 5.65. The highest BCUT2D eigenvalue weighted by Crippen LogP contribution is 2.07. The summed E-state index contributed by atoms with van der Waals surface area (Å²) < 4.78 is 0. The van der Waals surface area contributed by atoms with E-state index in [2.05, 4.69) is 15.0 Å². The molecular weight excluding hydrogens is 166 g/mol. The summed E-state index contributed by atoms with van der Waals surface area (Å²) in [4.78, 5) is 21.7. The van der Waals surface area contributed by atoms with E-state index in [4.69, 9.17) is 0 Å². The third kappa shape index (κ3) is 2.50. The van der Waals surface area contributed by atoms with Crippen LogP contribution in [-0.2, 0) is 0 Å². The molecular formula is C9H13N3O. The molecule has 0 fully saturated rings. The van der Waals surface area contributed by atoms with Crippen molar-refractivity contribution < 1.29 is 0 Å². The topological polar surface area (TPSA) is 58.1 Å². The Bertz CT molecular complexity index is 365. The van der Waals surface area contributed by atoms with E-state index < -0.39 is 0 Å². The smallest absolute Gasteiger partial charge is 0.276 e. The maximum atomic E-state index is 11.2. The molecule has 0 aromatic carbocycles. The number of aliphatic imine (C=N–C) groups is 1. The van der Waals surface area contributed by atoms with Crippen LogP contribution in [-0.4, -0.2) is 16.2 Å². The number of hydrogen-bond acceptors (Lipinski definition) is 3. The Labute approximate surface area is 76.8 Å². The molecule has 0 radical (unpaired) electrons. The van der Waals surface area contributed by atoms with Crippen LogP contribution in [0.2, 0.25) is 0 Å². The summed E-state index contributed by atoms with van der Waals surface area (Å²) in [6, 6.07) is 0. The zero-order valence-electron chi connectivity index (χ0n) is 8.03. The fourth-order valence-corrected chi connectivity index (χ4v) is 0.857. The Balaban J connectivity index is 3.07. The summed E-state index contributed by atoms with van der Waals surface area (Å²) in [5, 5.41) is 0. The molecule has 0 atom stereocenters. The van der Waals surface area contributed by atoms with Crippen LogP contribution in [0.1, 0.15) is 19.5 Å². The average Bonchev–Trinajstić information content (AvgIpc) is 2.03. The number of nitrogens with one attached hydrogen (secondary N) is 1. The summed E-state index contributed by atoms with van der Waals surface area (Å²) in [6.45, 7) is 5.77. The van der Waals surface area contributed by atoms with E-state index >= 15 is 0 Å². The van der Waals surface area contributed by atoms with Gasteiger partial charge in [0.25, 0.3) is 5.56 Å². The summed E-state index contributed by atoms with van der Waals surface area (Å²) in [5.74, 6) is 0.332. The van der Waals surface area contributed by atoms with Crippen LogP contribution in [0.3, 0.4) is 0 Å². The van der Waals surface area contributed by atoms with Gasteiger partial charge in [0.1, 0.15) is 5.69 Å². The van der Waals surface area contributed by atoms with Gasteiger partial charge in [-0.25, -0.2) is 4.98 Å². The minimum atomic E-state index is -0.190. The highest BCUT2D eigenvalue weighted by atomic mass is 16.1. The van der Waals surface area contributed by atoms with Gasteiger partial charge in [0.05, 0.1) is 12.0 Å². The highest BCUT2D eigenvalue weighted by Gasteiger charge is 2.00. The molecule has 0 amide bonds. The van der Waals surface area contributed by atoms with Crippen LogP contribution in [0.4, 0.5) is 5.69 Å². The van der Waals surface area contributed by atoms with Crippen LogP contribution in [0, 0.1) is 12.8 Å². The molecule has 0 aliphatic heterocycles. The molecule has 4 nitrogen and oxygen atoms in total. The first-order valence-electron chi connectivity index (χ1n) is 4.19. The molecule has 70 valence electrons. The summed E-state index contributed by atoms with van der Waals surface area (Å²) in [6.07, 6.45) is 3.12. The van der Waals surface area contributed by atoms with E-state index in [1.165, 1.54) is 6.33 Å². The molecule has 1 aromatic rings. The van der Waals surface area contributed by atoms with Crippen molar-refractivity contribution in [1.82, 2.24) is 9.97 Å². The molecule has 0 saturated heterocycles. The average molecular weight is 179 g/mol. The standard InChI is InChI=1S/C9H13N3O/c1-6(2)4-10-8-7(3)11-5-12-9(8)13/h4-6H,1-3H3,(H,11,12,13)/b10-4-. The Morgan fingerprint density at radius 2 is 2.31 bits per heavy atom. The molecule has 1 N–H and O–H groups in total. The molecule has 0 aliphatic rings. The third-order valence-electron chi connectivity index (χ3n) is 1.51. The Morgan fingerprint density at radius 3 is 2.85 bits per heavy atom. The Morgan fingerprint density at radius 1 is 1.62 bits per heavy atom. The van der Waals surface area contributed by atoms with Crippen molar-refractivity contribution in [2.75, 3.05) is 0 Å². The fourth-order valence-electron chi connectivity index (χ4n) is 0.857. The van der Waals surface area contributed by atoms with Gasteiger partial charge in [-0.1, -0.05) is 13.8 Å². The number of aromatic nitrogens is 2. The zero-order chi connectivity index (χ0) is 9.84. The monoisotopic (exact) mass is 179 g/mol. The van der Waals surface area contributed by atoms with E-state index in [1.807, 2.05) is 13.8 Å². The molecule has 1 rings (SSSR count). The Kier molecular flexibility index (Phi) is 2.95. The van der Waals surface area contributed by atoms with Gasteiger partial charge in [0.2, 0.25) is 0 Å². The van der Waals surface area contributed by atoms with Gasteiger partial charge in [-0.05, 0) is 12.8 Å². The molecule has 0 bridgehead atoms. The molecule has 0 unspecified atom stereocenters. The lowest BCUT2D eigenvalue weighted by atomic mass is 10.2. The fraction of sp³-hybridized carbons (Fsp3) is 0.444. The van der Waals surface area contributed by atoms with E-state index in [0.717, 1.165) is 0 Å². The number of hydrogen-bond donors (Lipinski definition) is 1. The molecule has 0 saturated carbocycles. The predicted molar refractivity (Wildman–Crippen MR) is 52.6 cm³/mol. The van der Waals surface area contributed by atoms with Crippen LogP contribution in [0.15, 0.2) is 16.1 Å². The van der Waals surface area contributed by atoms with Crippen LogP contribution in [0.25, 0.3) is 0 Å². The third-order valence-corrected chi connectivity index (χ3v) is 1.51. The first-order valence-corrected chi connectivity index (χ1v) is 4.19. The largest absolute Gasteiger partial charge is 0.311 e. The van der Waals surface area contributed by atoms with Crippen molar-refractivity contribution in [3.8, 4) is 0 Å². The normalized spacial score (nSPS) is 11.4. The predicted octanol–water partition coefficient (Wildman–Crippen LogP) is 1.44. The van der Waals surface area contributed by atoms with Gasteiger partial charge in [-0.2, -0.15) is 0 Å². The first kappa shape index (κ1) is 9.64. The van der Waals surface area contributed by atoms with Gasteiger partial charge < -0.3 is 4.98 Å². The number of H-pyrrole nitrogens is 1. The lowest BCUT2D eigenvalue weighted by molar-refractivity contribution is 0.905. The molecule has 4 heteroatoms. The molecule has 13 heavy (non-hydrogen) atoms. The molecule has 1 heterocycles. The second-order valence-electron chi connectivity index (χ2n) is 3.19. The van der Waals surface area contributed by atoms with Crippen molar-refractivity contribution in [2.24, 2.45) is 10.9 Å². The number of nitrogens with zero attached hydrogens (tertiary/aromatic N) is 2.